The summed E-state index contributed by atoms with van der Waals surface area (Å²) in [6.07, 6.45) is 5.87. The van der Waals surface area contributed by atoms with Crippen LogP contribution < -0.4 is 21.1 Å². The number of piperazine rings is 1. The number of benzene rings is 1. The molecule has 3 aromatic heterocycles. The van der Waals surface area contributed by atoms with E-state index < -0.39 is 0 Å². The molecule has 4 aromatic rings. The Labute approximate surface area is 248 Å². The van der Waals surface area contributed by atoms with Gasteiger partial charge < -0.3 is 20.3 Å². The number of rotatable bonds is 7. The molecule has 1 aromatic carbocycles. The van der Waals surface area contributed by atoms with Crippen molar-refractivity contribution < 1.29 is 9.13 Å². The Morgan fingerprint density at radius 3 is 2.74 bits per heavy atom. The number of ether oxygens (including phenoxy) is 1. The standard InChI is InChI=1S/C32H37FN6O2S/c1-19-16-34-9-10-38(19)28-6-5-25(15-27(28)33)36-32-35-17-23-14-26(21-3-4-21)31(40)39(30(23)37-32)18-24-13-20(2)42-29(24)22-7-11-41-12-8-22/h5-6,13-15,17,19,21-22,34H,3-4,7-12,16,18H2,1-2H3,(H,35,36,37). The van der Waals surface area contributed by atoms with Gasteiger partial charge in [-0.2, -0.15) is 4.98 Å². The average Bonchev–Trinajstić information content (AvgIpc) is 3.77. The van der Waals surface area contributed by atoms with Crippen LogP contribution in [0.25, 0.3) is 11.0 Å². The van der Waals surface area contributed by atoms with Gasteiger partial charge in [0.2, 0.25) is 5.95 Å². The van der Waals surface area contributed by atoms with E-state index in [0.29, 0.717) is 41.4 Å². The fourth-order valence-corrected chi connectivity index (χ4v) is 7.61. The van der Waals surface area contributed by atoms with E-state index in [1.165, 1.54) is 21.4 Å². The van der Waals surface area contributed by atoms with E-state index in [-0.39, 0.29) is 17.4 Å². The zero-order valence-corrected chi connectivity index (χ0v) is 25.0. The predicted molar refractivity (Wildman–Crippen MR) is 166 cm³/mol. The highest BCUT2D eigenvalue weighted by molar-refractivity contribution is 7.12. The minimum atomic E-state index is -0.283. The molecule has 0 bridgehead atoms. The zero-order chi connectivity index (χ0) is 28.8. The van der Waals surface area contributed by atoms with Crippen LogP contribution >= 0.6 is 11.3 Å². The molecular weight excluding hydrogens is 551 g/mol. The highest BCUT2D eigenvalue weighted by atomic mass is 32.1. The van der Waals surface area contributed by atoms with Crippen molar-refractivity contribution in [3.05, 3.63) is 73.6 Å². The van der Waals surface area contributed by atoms with Crippen LogP contribution in [0.5, 0.6) is 0 Å². The number of hydrogen-bond acceptors (Lipinski definition) is 8. The maximum Gasteiger partial charge on any atom is 0.256 e. The molecule has 42 heavy (non-hydrogen) atoms. The van der Waals surface area contributed by atoms with E-state index in [1.54, 1.807) is 6.20 Å². The smallest absolute Gasteiger partial charge is 0.256 e. The molecule has 1 saturated carbocycles. The first kappa shape index (κ1) is 27.5. The molecule has 220 valence electrons. The Hall–Kier alpha value is -3.34. The molecule has 0 radical (unpaired) electrons. The van der Waals surface area contributed by atoms with E-state index in [0.717, 1.165) is 69.5 Å². The van der Waals surface area contributed by atoms with Gasteiger partial charge in [-0.15, -0.1) is 11.3 Å². The topological polar surface area (TPSA) is 84.3 Å². The van der Waals surface area contributed by atoms with E-state index in [9.17, 15) is 4.79 Å². The molecule has 0 spiro atoms. The molecule has 8 nitrogen and oxygen atoms in total. The molecule has 0 amide bonds. The van der Waals surface area contributed by atoms with Crippen LogP contribution in [-0.4, -0.2) is 53.4 Å². The minimum absolute atomic E-state index is 0.0250. The summed E-state index contributed by atoms with van der Waals surface area (Å²) in [7, 11) is 0. The fourth-order valence-electron chi connectivity index (χ4n) is 6.40. The normalized spacial score (nSPS) is 19.9. The minimum Gasteiger partial charge on any atom is -0.381 e. The highest BCUT2D eigenvalue weighted by Gasteiger charge is 2.29. The Kier molecular flexibility index (Phi) is 7.46. The molecule has 3 aliphatic rings. The van der Waals surface area contributed by atoms with Gasteiger partial charge in [-0.3, -0.25) is 9.36 Å². The number of hydrogen-bond donors (Lipinski definition) is 2. The molecule has 2 N–H and O–H groups in total. The van der Waals surface area contributed by atoms with Crippen LogP contribution in [0.4, 0.5) is 21.7 Å². The van der Waals surface area contributed by atoms with Crippen LogP contribution in [0.3, 0.4) is 0 Å². The van der Waals surface area contributed by atoms with Crippen molar-refractivity contribution in [3.63, 3.8) is 0 Å². The third kappa shape index (κ3) is 5.43. The molecule has 1 aliphatic carbocycles. The van der Waals surface area contributed by atoms with Crippen LogP contribution in [0, 0.1) is 12.7 Å². The molecule has 10 heteroatoms. The number of pyridine rings is 1. The maximum atomic E-state index is 15.2. The first-order valence-electron chi connectivity index (χ1n) is 15.1. The molecule has 3 fully saturated rings. The van der Waals surface area contributed by atoms with Gasteiger partial charge in [0.15, 0.2) is 0 Å². The largest absolute Gasteiger partial charge is 0.381 e. The second-order valence-electron chi connectivity index (χ2n) is 11.9. The van der Waals surface area contributed by atoms with E-state index >= 15 is 4.39 Å². The van der Waals surface area contributed by atoms with Crippen molar-refractivity contribution in [2.24, 2.45) is 0 Å². The number of aromatic nitrogens is 3. The quantitative estimate of drug-likeness (QED) is 0.288. The van der Waals surface area contributed by atoms with Gasteiger partial charge in [0.25, 0.3) is 5.56 Å². The summed E-state index contributed by atoms with van der Waals surface area (Å²) in [6.45, 7) is 8.68. The molecule has 7 rings (SSSR count). The summed E-state index contributed by atoms with van der Waals surface area (Å²) < 4.78 is 22.7. The van der Waals surface area contributed by atoms with Crippen molar-refractivity contribution >= 4 is 39.7 Å². The van der Waals surface area contributed by atoms with Crippen molar-refractivity contribution in [3.8, 4) is 0 Å². The maximum absolute atomic E-state index is 15.2. The molecular formula is C32H37FN6O2S. The Balaban J connectivity index is 1.23. The molecule has 1 unspecified atom stereocenters. The predicted octanol–water partition coefficient (Wildman–Crippen LogP) is 5.66. The van der Waals surface area contributed by atoms with Crippen LogP contribution in [0.2, 0.25) is 0 Å². The second kappa shape index (κ2) is 11.4. The van der Waals surface area contributed by atoms with Crippen molar-refractivity contribution in [1.29, 1.82) is 0 Å². The van der Waals surface area contributed by atoms with Crippen LogP contribution in [-0.2, 0) is 11.3 Å². The lowest BCUT2D eigenvalue weighted by molar-refractivity contribution is 0.0858. The van der Waals surface area contributed by atoms with Crippen molar-refractivity contribution in [2.75, 3.05) is 43.1 Å². The van der Waals surface area contributed by atoms with Crippen molar-refractivity contribution in [2.45, 2.75) is 64.0 Å². The lowest BCUT2D eigenvalue weighted by Gasteiger charge is -2.36. The van der Waals surface area contributed by atoms with E-state index in [2.05, 4.69) is 40.4 Å². The van der Waals surface area contributed by atoms with E-state index in [4.69, 9.17) is 9.72 Å². The summed E-state index contributed by atoms with van der Waals surface area (Å²) in [5.41, 5.74) is 3.83. The third-order valence-electron chi connectivity index (χ3n) is 8.77. The number of thiophene rings is 1. The monoisotopic (exact) mass is 588 g/mol. The summed E-state index contributed by atoms with van der Waals surface area (Å²) in [5, 5.41) is 7.38. The molecule has 2 aliphatic heterocycles. The van der Waals surface area contributed by atoms with Crippen molar-refractivity contribution in [1.82, 2.24) is 19.9 Å². The Morgan fingerprint density at radius 1 is 1.14 bits per heavy atom. The number of anilines is 3. The molecule has 1 atom stereocenters. The lowest BCUT2D eigenvalue weighted by Crippen LogP contribution is -2.50. The van der Waals surface area contributed by atoms with Gasteiger partial charge in [-0.05, 0) is 87.3 Å². The van der Waals surface area contributed by atoms with Gasteiger partial charge in [0.05, 0.1) is 12.2 Å². The first-order valence-corrected chi connectivity index (χ1v) is 15.9. The summed E-state index contributed by atoms with van der Waals surface area (Å²) in [6, 6.07) is 9.58. The molecule has 2 saturated heterocycles. The van der Waals surface area contributed by atoms with E-state index in [1.807, 2.05) is 34.1 Å². The number of fused-ring (bicyclic) bond motifs is 1. The first-order chi connectivity index (χ1) is 20.4. The van der Waals surface area contributed by atoms with Crippen LogP contribution in [0.1, 0.15) is 65.3 Å². The van der Waals surface area contributed by atoms with Gasteiger partial charge >= 0.3 is 0 Å². The SMILES string of the molecule is Cc1cc(Cn2c(=O)c(C3CC3)cc3cnc(Nc4ccc(N5CCNCC5C)c(F)c4)nc32)c(C2CCOCC2)s1. The van der Waals surface area contributed by atoms with Gasteiger partial charge in [0, 0.05) is 71.5 Å². The second-order valence-corrected chi connectivity index (χ2v) is 13.2. The zero-order valence-electron chi connectivity index (χ0n) is 24.2. The van der Waals surface area contributed by atoms with Gasteiger partial charge in [-0.25, -0.2) is 9.37 Å². The number of nitrogens with zero attached hydrogens (tertiary/aromatic N) is 4. The number of aryl methyl sites for hydroxylation is 1. The Bertz CT molecular complexity index is 1680. The van der Waals surface area contributed by atoms with Gasteiger partial charge in [0.1, 0.15) is 11.5 Å². The number of nitrogens with one attached hydrogen (secondary N) is 2. The molecule has 5 heterocycles. The average molecular weight is 589 g/mol. The fraction of sp³-hybridized carbons (Fsp3) is 0.469. The Morgan fingerprint density at radius 2 is 1.98 bits per heavy atom. The summed E-state index contributed by atoms with van der Waals surface area (Å²) in [4.78, 5) is 28.0. The van der Waals surface area contributed by atoms with Gasteiger partial charge in [-0.1, -0.05) is 0 Å². The summed E-state index contributed by atoms with van der Waals surface area (Å²) >= 11 is 1.83. The lowest BCUT2D eigenvalue weighted by atomic mass is 9.95. The number of halogens is 1. The third-order valence-corrected chi connectivity index (χ3v) is 10.0. The van der Waals surface area contributed by atoms with Crippen LogP contribution in [0.15, 0.2) is 41.3 Å². The highest BCUT2D eigenvalue weighted by Crippen LogP contribution is 2.40. The summed E-state index contributed by atoms with van der Waals surface area (Å²) in [5.74, 6) is 0.817.